The molecule has 0 aromatic heterocycles. The van der Waals surface area contributed by atoms with Gasteiger partial charge in [-0.3, -0.25) is 19.7 Å². The SMILES string of the molecule is CCCCCCCCCCC(=O)Nc1ccc2c(c1)C(=O)NC2=O. The molecule has 0 atom stereocenters. The van der Waals surface area contributed by atoms with E-state index in [1.54, 1.807) is 18.2 Å². The third kappa shape index (κ3) is 5.18. The van der Waals surface area contributed by atoms with Gasteiger partial charge in [0.2, 0.25) is 5.91 Å². The molecule has 0 radical (unpaired) electrons. The third-order valence-corrected chi connectivity index (χ3v) is 4.28. The summed E-state index contributed by atoms with van der Waals surface area (Å²) in [4.78, 5) is 35.0. The zero-order valence-corrected chi connectivity index (χ0v) is 14.3. The van der Waals surface area contributed by atoms with Gasteiger partial charge in [-0.25, -0.2) is 0 Å². The molecule has 1 aliphatic heterocycles. The normalized spacial score (nSPS) is 12.9. The van der Waals surface area contributed by atoms with Gasteiger partial charge in [-0.05, 0) is 24.6 Å². The second-order valence-electron chi connectivity index (χ2n) is 6.32. The lowest BCUT2D eigenvalue weighted by Crippen LogP contribution is -2.19. The minimum atomic E-state index is -0.408. The zero-order chi connectivity index (χ0) is 17.4. The summed E-state index contributed by atoms with van der Waals surface area (Å²) in [6, 6.07) is 4.78. The van der Waals surface area contributed by atoms with Crippen molar-refractivity contribution < 1.29 is 14.4 Å². The highest BCUT2D eigenvalue weighted by Gasteiger charge is 2.26. The topological polar surface area (TPSA) is 75.3 Å². The van der Waals surface area contributed by atoms with E-state index in [4.69, 9.17) is 0 Å². The molecule has 0 aliphatic carbocycles. The predicted octanol–water partition coefficient (Wildman–Crippen LogP) is 4.04. The Hall–Kier alpha value is -2.17. The van der Waals surface area contributed by atoms with Crippen LogP contribution in [0.1, 0.15) is 85.4 Å². The van der Waals surface area contributed by atoms with E-state index in [9.17, 15) is 14.4 Å². The summed E-state index contributed by atoms with van der Waals surface area (Å²) in [6.45, 7) is 2.21. The van der Waals surface area contributed by atoms with Crippen molar-refractivity contribution in [2.75, 3.05) is 5.32 Å². The zero-order valence-electron chi connectivity index (χ0n) is 14.3. The molecule has 5 nitrogen and oxygen atoms in total. The number of unbranched alkanes of at least 4 members (excludes halogenated alkanes) is 7. The van der Waals surface area contributed by atoms with Gasteiger partial charge in [-0.15, -0.1) is 0 Å². The number of hydrogen-bond donors (Lipinski definition) is 2. The van der Waals surface area contributed by atoms with Crippen molar-refractivity contribution in [1.29, 1.82) is 0 Å². The van der Waals surface area contributed by atoms with Crippen LogP contribution in [0.3, 0.4) is 0 Å². The third-order valence-electron chi connectivity index (χ3n) is 4.28. The summed E-state index contributed by atoms with van der Waals surface area (Å²) >= 11 is 0. The first kappa shape index (κ1) is 18.2. The standard InChI is InChI=1S/C19H26N2O3/c1-2-3-4-5-6-7-8-9-10-17(22)20-14-11-12-15-16(13-14)19(24)21-18(15)23/h11-13H,2-10H2,1H3,(H,20,22)(H,21,23,24). The molecule has 0 spiro atoms. The molecule has 0 bridgehead atoms. The Balaban J connectivity index is 1.67. The summed E-state index contributed by atoms with van der Waals surface area (Å²) in [5.41, 5.74) is 1.24. The number of carbonyl (C=O) groups is 3. The minimum Gasteiger partial charge on any atom is -0.326 e. The molecule has 1 aliphatic rings. The molecule has 24 heavy (non-hydrogen) atoms. The maximum atomic E-state index is 12.0. The van der Waals surface area contributed by atoms with Gasteiger partial charge < -0.3 is 5.32 Å². The fourth-order valence-electron chi connectivity index (χ4n) is 2.89. The number of nitrogens with one attached hydrogen (secondary N) is 2. The first-order valence-electron chi connectivity index (χ1n) is 8.91. The van der Waals surface area contributed by atoms with Crippen molar-refractivity contribution in [3.63, 3.8) is 0 Å². The lowest BCUT2D eigenvalue weighted by Gasteiger charge is -2.06. The van der Waals surface area contributed by atoms with Crippen LogP contribution in [0.2, 0.25) is 0 Å². The summed E-state index contributed by atoms with van der Waals surface area (Å²) in [5.74, 6) is -0.841. The molecule has 2 rings (SSSR count). The summed E-state index contributed by atoms with van der Waals surface area (Å²) < 4.78 is 0. The quantitative estimate of drug-likeness (QED) is 0.502. The fraction of sp³-hybridized carbons (Fsp3) is 0.526. The van der Waals surface area contributed by atoms with Crippen molar-refractivity contribution in [1.82, 2.24) is 5.32 Å². The molecule has 5 heteroatoms. The van der Waals surface area contributed by atoms with E-state index in [-0.39, 0.29) is 11.8 Å². The van der Waals surface area contributed by atoms with E-state index in [0.717, 1.165) is 12.8 Å². The number of amides is 3. The Morgan fingerprint density at radius 2 is 1.54 bits per heavy atom. The number of anilines is 1. The Labute approximate surface area is 143 Å². The largest absolute Gasteiger partial charge is 0.326 e. The van der Waals surface area contributed by atoms with Crippen molar-refractivity contribution in [2.45, 2.75) is 64.7 Å². The Bertz CT molecular complexity index is 611. The van der Waals surface area contributed by atoms with Crippen LogP contribution in [-0.2, 0) is 4.79 Å². The molecule has 130 valence electrons. The van der Waals surface area contributed by atoms with E-state index >= 15 is 0 Å². The van der Waals surface area contributed by atoms with E-state index in [0.29, 0.717) is 23.2 Å². The van der Waals surface area contributed by atoms with Crippen LogP contribution in [0.5, 0.6) is 0 Å². The maximum Gasteiger partial charge on any atom is 0.259 e. The monoisotopic (exact) mass is 330 g/mol. The molecule has 0 unspecified atom stereocenters. The Morgan fingerprint density at radius 3 is 2.25 bits per heavy atom. The minimum absolute atomic E-state index is 0.0503. The predicted molar refractivity (Wildman–Crippen MR) is 94.1 cm³/mol. The van der Waals surface area contributed by atoms with E-state index in [1.807, 2.05) is 0 Å². The first-order chi connectivity index (χ1) is 11.6. The number of hydrogen-bond acceptors (Lipinski definition) is 3. The molecular weight excluding hydrogens is 304 g/mol. The Morgan fingerprint density at radius 1 is 0.917 bits per heavy atom. The highest BCUT2D eigenvalue weighted by atomic mass is 16.2. The lowest BCUT2D eigenvalue weighted by molar-refractivity contribution is -0.116. The molecule has 1 heterocycles. The lowest BCUT2D eigenvalue weighted by atomic mass is 10.1. The van der Waals surface area contributed by atoms with Crippen LogP contribution < -0.4 is 10.6 Å². The highest BCUT2D eigenvalue weighted by Crippen LogP contribution is 2.20. The van der Waals surface area contributed by atoms with Gasteiger partial charge in [0.25, 0.3) is 11.8 Å². The van der Waals surface area contributed by atoms with Crippen LogP contribution in [-0.4, -0.2) is 17.7 Å². The van der Waals surface area contributed by atoms with Gasteiger partial charge in [-0.2, -0.15) is 0 Å². The number of carbonyl (C=O) groups excluding carboxylic acids is 3. The van der Waals surface area contributed by atoms with Gasteiger partial charge in [-0.1, -0.05) is 51.9 Å². The van der Waals surface area contributed by atoms with Crippen molar-refractivity contribution in [3.05, 3.63) is 29.3 Å². The average molecular weight is 330 g/mol. The second-order valence-corrected chi connectivity index (χ2v) is 6.32. The van der Waals surface area contributed by atoms with Gasteiger partial charge in [0, 0.05) is 12.1 Å². The molecule has 2 N–H and O–H groups in total. The van der Waals surface area contributed by atoms with Crippen LogP contribution in [0.25, 0.3) is 0 Å². The number of fused-ring (bicyclic) bond motifs is 1. The summed E-state index contributed by atoms with van der Waals surface area (Å²) in [6.07, 6.45) is 10.0. The highest BCUT2D eigenvalue weighted by molar-refractivity contribution is 6.22. The van der Waals surface area contributed by atoms with Crippen LogP contribution >= 0.6 is 0 Å². The average Bonchev–Trinajstić information content (AvgIpc) is 2.84. The molecule has 0 saturated carbocycles. The van der Waals surface area contributed by atoms with Gasteiger partial charge in [0.15, 0.2) is 0 Å². The molecule has 3 amide bonds. The molecule has 1 aromatic carbocycles. The van der Waals surface area contributed by atoms with E-state index in [2.05, 4.69) is 17.6 Å². The number of rotatable bonds is 10. The van der Waals surface area contributed by atoms with Crippen LogP contribution in [0, 0.1) is 0 Å². The van der Waals surface area contributed by atoms with Crippen molar-refractivity contribution >= 4 is 23.4 Å². The number of imide groups is 1. The first-order valence-corrected chi connectivity index (χ1v) is 8.91. The Kier molecular flexibility index (Phi) is 6.97. The smallest absolute Gasteiger partial charge is 0.259 e. The van der Waals surface area contributed by atoms with Crippen LogP contribution in [0.15, 0.2) is 18.2 Å². The molecule has 1 aromatic rings. The fourth-order valence-corrected chi connectivity index (χ4v) is 2.89. The van der Waals surface area contributed by atoms with Crippen molar-refractivity contribution in [3.8, 4) is 0 Å². The summed E-state index contributed by atoms with van der Waals surface area (Å²) in [5, 5.41) is 5.03. The van der Waals surface area contributed by atoms with Gasteiger partial charge >= 0.3 is 0 Å². The van der Waals surface area contributed by atoms with Crippen LogP contribution in [0.4, 0.5) is 5.69 Å². The van der Waals surface area contributed by atoms with Gasteiger partial charge in [0.1, 0.15) is 0 Å². The van der Waals surface area contributed by atoms with E-state index in [1.165, 1.54) is 38.5 Å². The maximum absolute atomic E-state index is 12.0. The van der Waals surface area contributed by atoms with E-state index < -0.39 is 5.91 Å². The van der Waals surface area contributed by atoms with Gasteiger partial charge in [0.05, 0.1) is 11.1 Å². The molecule has 0 saturated heterocycles. The number of benzene rings is 1. The molecule has 0 fully saturated rings. The second kappa shape index (κ2) is 9.21. The summed E-state index contributed by atoms with van der Waals surface area (Å²) in [7, 11) is 0. The molecular formula is C19H26N2O3. The van der Waals surface area contributed by atoms with Crippen molar-refractivity contribution in [2.24, 2.45) is 0 Å².